The van der Waals surface area contributed by atoms with E-state index in [1.807, 2.05) is 0 Å². The van der Waals surface area contributed by atoms with Crippen molar-refractivity contribution in [2.24, 2.45) is 10.00 Å². The molecule has 1 aromatic rings. The third-order valence-electron chi connectivity index (χ3n) is 2.06. The highest BCUT2D eigenvalue weighted by molar-refractivity contribution is 7.14. The standard InChI is InChI=1S/C9H10Cl2N3O2P/c10-8(5-9(11)12-13-17)6-1-3-7(4-2-6)14(15)16/h1-4,8-9H,5,17H2. The van der Waals surface area contributed by atoms with Gasteiger partial charge in [-0.05, 0) is 5.56 Å². The van der Waals surface area contributed by atoms with E-state index in [4.69, 9.17) is 23.2 Å². The van der Waals surface area contributed by atoms with Gasteiger partial charge in [-0.3, -0.25) is 10.1 Å². The summed E-state index contributed by atoms with van der Waals surface area (Å²) in [6, 6.07) is 6.03. The molecule has 0 aliphatic carbocycles. The van der Waals surface area contributed by atoms with Crippen LogP contribution >= 0.6 is 32.6 Å². The van der Waals surface area contributed by atoms with Gasteiger partial charge in [0.2, 0.25) is 0 Å². The normalized spacial score (nSPS) is 14.8. The Labute approximate surface area is 111 Å². The summed E-state index contributed by atoms with van der Waals surface area (Å²) in [6.45, 7) is 0. The van der Waals surface area contributed by atoms with E-state index in [1.165, 1.54) is 12.1 Å². The molecule has 0 heterocycles. The second-order valence-electron chi connectivity index (χ2n) is 3.22. The van der Waals surface area contributed by atoms with Crippen LogP contribution < -0.4 is 0 Å². The number of nitro groups is 1. The van der Waals surface area contributed by atoms with Crippen molar-refractivity contribution in [1.29, 1.82) is 0 Å². The Morgan fingerprint density at radius 3 is 2.41 bits per heavy atom. The van der Waals surface area contributed by atoms with Gasteiger partial charge in [0.05, 0.1) is 10.3 Å². The van der Waals surface area contributed by atoms with Gasteiger partial charge in [-0.1, -0.05) is 23.7 Å². The van der Waals surface area contributed by atoms with Crippen molar-refractivity contribution in [3.05, 3.63) is 39.9 Å². The van der Waals surface area contributed by atoms with Gasteiger partial charge in [-0.25, -0.2) is 0 Å². The maximum Gasteiger partial charge on any atom is 0.269 e. The summed E-state index contributed by atoms with van der Waals surface area (Å²) in [6.07, 6.45) is 0.402. The molecule has 0 aromatic heterocycles. The number of alkyl halides is 2. The van der Waals surface area contributed by atoms with E-state index in [1.54, 1.807) is 12.1 Å². The molecular formula is C9H10Cl2N3O2P. The zero-order valence-corrected chi connectivity index (χ0v) is 11.3. The number of nitro benzene ring substituents is 1. The van der Waals surface area contributed by atoms with Crippen LogP contribution in [-0.2, 0) is 0 Å². The molecule has 0 saturated carbocycles. The maximum atomic E-state index is 10.5. The lowest BCUT2D eigenvalue weighted by Gasteiger charge is -2.10. The molecular weight excluding hydrogens is 284 g/mol. The maximum absolute atomic E-state index is 10.5. The molecule has 1 aromatic carbocycles. The van der Waals surface area contributed by atoms with Crippen molar-refractivity contribution >= 4 is 38.3 Å². The highest BCUT2D eigenvalue weighted by atomic mass is 35.5. The Balaban J connectivity index is 2.69. The third-order valence-corrected chi connectivity index (χ3v) is 2.89. The van der Waals surface area contributed by atoms with Crippen LogP contribution in [0.25, 0.3) is 0 Å². The van der Waals surface area contributed by atoms with Crippen LogP contribution in [-0.4, -0.2) is 10.4 Å². The minimum atomic E-state index is -0.509. The summed E-state index contributed by atoms with van der Waals surface area (Å²) in [5.74, 6) is 0. The summed E-state index contributed by atoms with van der Waals surface area (Å²) in [4.78, 5) is 13.5. The molecule has 8 heteroatoms. The second-order valence-corrected chi connectivity index (χ2v) is 4.48. The molecule has 0 fully saturated rings. The lowest BCUT2D eigenvalue weighted by molar-refractivity contribution is -0.384. The van der Waals surface area contributed by atoms with Gasteiger partial charge in [0.1, 0.15) is 5.50 Å². The Morgan fingerprint density at radius 1 is 1.35 bits per heavy atom. The highest BCUT2D eigenvalue weighted by Crippen LogP contribution is 2.29. The molecule has 3 atom stereocenters. The SMILES string of the molecule is O=[N+]([O-])c1ccc(C(Cl)CC(Cl)N=NP)cc1. The average molecular weight is 294 g/mol. The third kappa shape index (κ3) is 4.54. The Hall–Kier alpha value is -0.770. The van der Waals surface area contributed by atoms with Gasteiger partial charge < -0.3 is 0 Å². The number of halogens is 2. The number of non-ortho nitro benzene ring substituents is 1. The first kappa shape index (κ1) is 14.3. The fraction of sp³-hybridized carbons (Fsp3) is 0.333. The van der Waals surface area contributed by atoms with E-state index in [0.717, 1.165) is 5.56 Å². The molecule has 92 valence electrons. The van der Waals surface area contributed by atoms with Crippen molar-refractivity contribution in [2.45, 2.75) is 17.3 Å². The summed E-state index contributed by atoms with van der Waals surface area (Å²) >= 11 is 11.9. The van der Waals surface area contributed by atoms with Crippen LogP contribution in [0.15, 0.2) is 34.3 Å². The minimum Gasteiger partial charge on any atom is -0.258 e. The quantitative estimate of drug-likeness (QED) is 0.205. The van der Waals surface area contributed by atoms with Gasteiger partial charge in [0, 0.05) is 27.9 Å². The number of hydrogen-bond donors (Lipinski definition) is 0. The van der Waals surface area contributed by atoms with Crippen LogP contribution in [0.4, 0.5) is 5.69 Å². The molecule has 1 rings (SSSR count). The van der Waals surface area contributed by atoms with Crippen molar-refractivity contribution < 1.29 is 4.92 Å². The summed E-state index contributed by atoms with van der Waals surface area (Å²) in [5, 5.41) is 13.8. The van der Waals surface area contributed by atoms with Gasteiger partial charge in [0.15, 0.2) is 0 Å². The summed E-state index contributed by atoms with van der Waals surface area (Å²) < 4.78 is 0. The van der Waals surface area contributed by atoms with E-state index in [0.29, 0.717) is 6.42 Å². The zero-order chi connectivity index (χ0) is 12.8. The summed E-state index contributed by atoms with van der Waals surface area (Å²) in [5.41, 5.74) is 0.289. The lowest BCUT2D eigenvalue weighted by atomic mass is 10.1. The fourth-order valence-corrected chi connectivity index (χ4v) is 2.11. The zero-order valence-electron chi connectivity index (χ0n) is 8.66. The molecule has 0 N–H and O–H groups in total. The molecule has 0 aliphatic heterocycles. The van der Waals surface area contributed by atoms with E-state index >= 15 is 0 Å². The molecule has 0 radical (unpaired) electrons. The molecule has 0 aliphatic rings. The van der Waals surface area contributed by atoms with E-state index in [2.05, 4.69) is 19.4 Å². The van der Waals surface area contributed by atoms with Gasteiger partial charge >= 0.3 is 0 Å². The lowest BCUT2D eigenvalue weighted by Crippen LogP contribution is -2.00. The van der Waals surface area contributed by atoms with Gasteiger partial charge in [-0.15, -0.1) is 11.6 Å². The van der Waals surface area contributed by atoms with Crippen molar-refractivity contribution in [3.8, 4) is 0 Å². The van der Waals surface area contributed by atoms with Crippen LogP contribution in [0.3, 0.4) is 0 Å². The number of hydrogen-bond acceptors (Lipinski definition) is 4. The van der Waals surface area contributed by atoms with Crippen LogP contribution in [0.2, 0.25) is 0 Å². The molecule has 0 saturated heterocycles. The van der Waals surface area contributed by atoms with Crippen LogP contribution in [0, 0.1) is 10.1 Å². The smallest absolute Gasteiger partial charge is 0.258 e. The second kappa shape index (κ2) is 6.84. The fourth-order valence-electron chi connectivity index (χ4n) is 1.23. The molecule has 0 bridgehead atoms. The molecule has 17 heavy (non-hydrogen) atoms. The van der Waals surface area contributed by atoms with Gasteiger partial charge in [0.25, 0.3) is 5.69 Å². The van der Waals surface area contributed by atoms with Crippen molar-refractivity contribution in [3.63, 3.8) is 0 Å². The van der Waals surface area contributed by atoms with E-state index in [-0.39, 0.29) is 11.1 Å². The first-order valence-electron chi connectivity index (χ1n) is 4.67. The number of nitrogens with zero attached hydrogens (tertiary/aromatic N) is 3. The number of rotatable bonds is 5. The van der Waals surface area contributed by atoms with E-state index < -0.39 is 10.4 Å². The van der Waals surface area contributed by atoms with Crippen LogP contribution in [0.5, 0.6) is 0 Å². The largest absolute Gasteiger partial charge is 0.269 e. The predicted molar refractivity (Wildman–Crippen MR) is 70.5 cm³/mol. The Morgan fingerprint density at radius 2 is 1.94 bits per heavy atom. The molecule has 5 nitrogen and oxygen atoms in total. The van der Waals surface area contributed by atoms with E-state index in [9.17, 15) is 10.1 Å². The van der Waals surface area contributed by atoms with Crippen LogP contribution in [0.1, 0.15) is 17.4 Å². The first-order chi connectivity index (χ1) is 8.04. The predicted octanol–water partition coefficient (Wildman–Crippen LogP) is 4.07. The van der Waals surface area contributed by atoms with Crippen molar-refractivity contribution in [1.82, 2.24) is 0 Å². The van der Waals surface area contributed by atoms with Gasteiger partial charge in [-0.2, -0.15) is 10.00 Å². The monoisotopic (exact) mass is 293 g/mol. The summed E-state index contributed by atoms with van der Waals surface area (Å²) in [7, 11) is 2.09. The first-order valence-corrected chi connectivity index (χ1v) is 6.06. The molecule has 0 amide bonds. The van der Waals surface area contributed by atoms with Crippen molar-refractivity contribution in [2.75, 3.05) is 0 Å². The molecule has 0 spiro atoms. The minimum absolute atomic E-state index is 0.0321. The molecule has 3 unspecified atom stereocenters. The Bertz CT molecular complexity index is 413. The topological polar surface area (TPSA) is 67.9 Å². The average Bonchev–Trinajstić information content (AvgIpc) is 2.29. The Kier molecular flexibility index (Phi) is 5.75. The number of benzene rings is 1. The highest BCUT2D eigenvalue weighted by Gasteiger charge is 2.14.